The van der Waals surface area contributed by atoms with Crippen LogP contribution in [0.25, 0.3) is 0 Å². The zero-order valence-corrected chi connectivity index (χ0v) is 18.0. The van der Waals surface area contributed by atoms with Crippen LogP contribution in [0.2, 0.25) is 0 Å². The van der Waals surface area contributed by atoms with Crippen molar-refractivity contribution in [3.05, 3.63) is 42.5 Å². The number of anilines is 1. The molecule has 0 radical (unpaired) electrons. The predicted molar refractivity (Wildman–Crippen MR) is 116 cm³/mol. The van der Waals surface area contributed by atoms with E-state index in [0.717, 1.165) is 11.4 Å². The number of hydrogen-bond donors (Lipinski definition) is 0. The van der Waals surface area contributed by atoms with E-state index in [1.807, 2.05) is 49.4 Å². The highest BCUT2D eigenvalue weighted by atomic mass is 16.6. The van der Waals surface area contributed by atoms with Gasteiger partial charge >= 0.3 is 0 Å². The summed E-state index contributed by atoms with van der Waals surface area (Å²) in [7, 11) is 0. The number of ether oxygens (including phenoxy) is 4. The highest BCUT2D eigenvalue weighted by molar-refractivity contribution is 6.00. The van der Waals surface area contributed by atoms with Crippen molar-refractivity contribution in [3.8, 4) is 23.0 Å². The third-order valence-corrected chi connectivity index (χ3v) is 6.00. The average molecular weight is 438 g/mol. The van der Waals surface area contributed by atoms with Gasteiger partial charge in [-0.3, -0.25) is 9.59 Å². The Morgan fingerprint density at radius 2 is 1.78 bits per heavy atom. The second kappa shape index (κ2) is 8.61. The minimum Gasteiger partial charge on any atom is -0.486 e. The summed E-state index contributed by atoms with van der Waals surface area (Å²) in [6, 6.07) is 13.0. The Balaban J connectivity index is 1.24. The minimum atomic E-state index is -0.396. The lowest BCUT2D eigenvalue weighted by Gasteiger charge is -2.32. The van der Waals surface area contributed by atoms with Gasteiger partial charge in [-0.25, -0.2) is 0 Å². The fourth-order valence-electron chi connectivity index (χ4n) is 4.35. The first kappa shape index (κ1) is 20.5. The molecule has 8 heteroatoms. The number of nitrogens with zero attached hydrogens (tertiary/aromatic N) is 2. The van der Waals surface area contributed by atoms with Gasteiger partial charge in [0.15, 0.2) is 29.1 Å². The van der Waals surface area contributed by atoms with Crippen molar-refractivity contribution in [1.82, 2.24) is 4.90 Å². The molecule has 0 bridgehead atoms. The fraction of sp³-hybridized carbons (Fsp3) is 0.417. The van der Waals surface area contributed by atoms with Crippen molar-refractivity contribution < 1.29 is 28.5 Å². The molecule has 1 saturated heterocycles. The molecule has 0 aromatic heterocycles. The number of rotatable bonds is 5. The lowest BCUT2D eigenvalue weighted by atomic mass is 10.1. The van der Waals surface area contributed by atoms with Crippen molar-refractivity contribution in [2.45, 2.75) is 19.4 Å². The Hall–Kier alpha value is -3.42. The quantitative estimate of drug-likeness (QED) is 0.714. The Morgan fingerprint density at radius 3 is 2.59 bits per heavy atom. The van der Waals surface area contributed by atoms with Crippen LogP contribution < -0.4 is 23.8 Å². The number of para-hydroxylation sites is 2. The van der Waals surface area contributed by atoms with E-state index < -0.39 is 5.92 Å². The third kappa shape index (κ3) is 3.92. The molecule has 3 aliphatic heterocycles. The summed E-state index contributed by atoms with van der Waals surface area (Å²) in [5, 5.41) is 0. The molecule has 0 N–H and O–H groups in total. The van der Waals surface area contributed by atoms with Gasteiger partial charge in [-0.1, -0.05) is 12.1 Å². The van der Waals surface area contributed by atoms with Crippen molar-refractivity contribution >= 4 is 17.5 Å². The molecular weight excluding hydrogens is 412 g/mol. The van der Waals surface area contributed by atoms with Crippen LogP contribution in [0.15, 0.2) is 42.5 Å². The normalized spacial score (nSPS) is 21.4. The maximum Gasteiger partial charge on any atom is 0.228 e. The fourth-order valence-corrected chi connectivity index (χ4v) is 4.35. The van der Waals surface area contributed by atoms with Crippen molar-refractivity contribution in [1.29, 1.82) is 0 Å². The average Bonchev–Trinajstić information content (AvgIpc) is 3.23. The summed E-state index contributed by atoms with van der Waals surface area (Å²) in [6.45, 7) is 4.61. The molecule has 0 spiro atoms. The smallest absolute Gasteiger partial charge is 0.228 e. The number of likely N-dealkylation sites (N-methyl/N-ethyl adjacent to an activating group) is 1. The Labute approximate surface area is 186 Å². The molecule has 2 aromatic carbocycles. The topological polar surface area (TPSA) is 77.5 Å². The van der Waals surface area contributed by atoms with Crippen LogP contribution in [-0.4, -0.2) is 62.3 Å². The zero-order chi connectivity index (χ0) is 22.1. The van der Waals surface area contributed by atoms with Gasteiger partial charge in [0, 0.05) is 31.3 Å². The van der Waals surface area contributed by atoms with Gasteiger partial charge in [-0.15, -0.1) is 0 Å². The Bertz CT molecular complexity index is 1030. The summed E-state index contributed by atoms with van der Waals surface area (Å²) in [6.07, 6.45) is -0.0611. The predicted octanol–water partition coefficient (Wildman–Crippen LogP) is 2.50. The van der Waals surface area contributed by atoms with E-state index in [1.165, 1.54) is 0 Å². The van der Waals surface area contributed by atoms with E-state index in [1.54, 1.807) is 9.80 Å². The number of hydrogen-bond acceptors (Lipinski definition) is 6. The SMILES string of the molecule is CCN(C[C@@H]1COc2ccccc2O1)C(=O)[C@@H]1CC(=O)N(c2ccc3c(c2)OCCO3)C1. The van der Waals surface area contributed by atoms with Crippen molar-refractivity contribution in [2.75, 3.05) is 44.4 Å². The first-order valence-corrected chi connectivity index (χ1v) is 11.0. The van der Waals surface area contributed by atoms with Crippen LogP contribution >= 0.6 is 0 Å². The molecule has 3 aliphatic rings. The molecule has 2 atom stereocenters. The van der Waals surface area contributed by atoms with Crippen LogP contribution in [0.3, 0.4) is 0 Å². The van der Waals surface area contributed by atoms with Gasteiger partial charge in [0.25, 0.3) is 0 Å². The summed E-state index contributed by atoms with van der Waals surface area (Å²) < 4.78 is 23.0. The van der Waals surface area contributed by atoms with Crippen LogP contribution in [0, 0.1) is 5.92 Å². The van der Waals surface area contributed by atoms with E-state index >= 15 is 0 Å². The molecule has 1 fully saturated rings. The maximum atomic E-state index is 13.3. The summed E-state index contributed by atoms with van der Waals surface area (Å²) >= 11 is 0. The summed E-state index contributed by atoms with van der Waals surface area (Å²) in [4.78, 5) is 29.4. The van der Waals surface area contributed by atoms with Crippen LogP contribution in [0.5, 0.6) is 23.0 Å². The molecule has 8 nitrogen and oxygen atoms in total. The Kier molecular flexibility index (Phi) is 5.51. The van der Waals surface area contributed by atoms with Crippen LogP contribution in [-0.2, 0) is 9.59 Å². The molecule has 0 aliphatic carbocycles. The van der Waals surface area contributed by atoms with E-state index in [0.29, 0.717) is 56.7 Å². The Morgan fingerprint density at radius 1 is 1.03 bits per heavy atom. The first-order chi connectivity index (χ1) is 15.6. The molecular formula is C24H26N2O6. The molecule has 0 unspecified atom stereocenters. The number of amides is 2. The van der Waals surface area contributed by atoms with E-state index in [4.69, 9.17) is 18.9 Å². The lowest BCUT2D eigenvalue weighted by Crippen LogP contribution is -2.46. The number of carbonyl (C=O) groups is 2. The molecule has 168 valence electrons. The highest BCUT2D eigenvalue weighted by Crippen LogP contribution is 2.36. The summed E-state index contributed by atoms with van der Waals surface area (Å²) in [5.41, 5.74) is 0.721. The second-order valence-electron chi connectivity index (χ2n) is 8.11. The third-order valence-electron chi connectivity index (χ3n) is 6.00. The van der Waals surface area contributed by atoms with E-state index in [2.05, 4.69) is 0 Å². The molecule has 0 saturated carbocycles. The number of fused-ring (bicyclic) bond motifs is 2. The minimum absolute atomic E-state index is 0.0386. The molecule has 2 aromatic rings. The van der Waals surface area contributed by atoms with Crippen molar-refractivity contribution in [2.24, 2.45) is 5.92 Å². The monoisotopic (exact) mass is 438 g/mol. The second-order valence-corrected chi connectivity index (χ2v) is 8.11. The van der Waals surface area contributed by atoms with E-state index in [-0.39, 0.29) is 24.3 Å². The van der Waals surface area contributed by atoms with Gasteiger partial charge in [-0.05, 0) is 31.2 Å². The number of benzene rings is 2. The van der Waals surface area contributed by atoms with Gasteiger partial charge in [0.1, 0.15) is 19.8 Å². The first-order valence-electron chi connectivity index (χ1n) is 11.0. The largest absolute Gasteiger partial charge is 0.486 e. The van der Waals surface area contributed by atoms with Gasteiger partial charge in [0.2, 0.25) is 11.8 Å². The molecule has 3 heterocycles. The van der Waals surface area contributed by atoms with Crippen molar-refractivity contribution in [3.63, 3.8) is 0 Å². The molecule has 2 amide bonds. The van der Waals surface area contributed by atoms with Crippen LogP contribution in [0.1, 0.15) is 13.3 Å². The molecule has 5 rings (SSSR count). The number of carbonyl (C=O) groups excluding carboxylic acids is 2. The van der Waals surface area contributed by atoms with E-state index in [9.17, 15) is 9.59 Å². The molecule has 32 heavy (non-hydrogen) atoms. The van der Waals surface area contributed by atoms with Crippen LogP contribution in [0.4, 0.5) is 5.69 Å². The lowest BCUT2D eigenvalue weighted by molar-refractivity contribution is -0.137. The van der Waals surface area contributed by atoms with Gasteiger partial charge in [-0.2, -0.15) is 0 Å². The summed E-state index contributed by atoms with van der Waals surface area (Å²) in [5.74, 6) is 2.20. The maximum absolute atomic E-state index is 13.3. The standard InChI is InChI=1S/C24H26N2O6/c1-2-25(14-18-15-31-19-5-3-4-6-21(19)32-18)24(28)16-11-23(27)26(13-16)17-7-8-20-22(12-17)30-10-9-29-20/h3-8,12,16,18H,2,9-11,13-15H2,1H3/t16-,18-/m1/s1. The van der Waals surface area contributed by atoms with Gasteiger partial charge < -0.3 is 28.7 Å². The highest BCUT2D eigenvalue weighted by Gasteiger charge is 2.38. The zero-order valence-electron chi connectivity index (χ0n) is 18.0. The van der Waals surface area contributed by atoms with Gasteiger partial charge in [0.05, 0.1) is 12.5 Å².